The lowest BCUT2D eigenvalue weighted by Crippen LogP contribution is -2.30. The maximum atomic E-state index is 6.27. The molecule has 94 valence electrons. The van der Waals surface area contributed by atoms with Gasteiger partial charge in [-0.25, -0.2) is 0 Å². The SMILES string of the molecule is CC(c1ccccc1)c1ccccc1C(C)(C)N. The van der Waals surface area contributed by atoms with Gasteiger partial charge < -0.3 is 5.73 Å². The molecule has 2 aromatic rings. The Bertz CT molecular complexity index is 509. The Labute approximate surface area is 110 Å². The minimum atomic E-state index is -0.306. The van der Waals surface area contributed by atoms with Gasteiger partial charge in [0.25, 0.3) is 0 Å². The van der Waals surface area contributed by atoms with Crippen molar-refractivity contribution in [2.45, 2.75) is 32.2 Å². The molecule has 0 radical (unpaired) electrons. The first-order chi connectivity index (χ1) is 8.50. The van der Waals surface area contributed by atoms with Gasteiger partial charge in [-0.15, -0.1) is 0 Å². The molecule has 0 aromatic heterocycles. The fourth-order valence-electron chi connectivity index (χ4n) is 2.38. The zero-order chi connectivity index (χ0) is 13.2. The van der Waals surface area contributed by atoms with Crippen LogP contribution < -0.4 is 5.73 Å². The second-order valence-electron chi connectivity index (χ2n) is 5.44. The van der Waals surface area contributed by atoms with Gasteiger partial charge in [-0.3, -0.25) is 0 Å². The summed E-state index contributed by atoms with van der Waals surface area (Å²) in [6, 6.07) is 19.0. The van der Waals surface area contributed by atoms with Gasteiger partial charge in [0.1, 0.15) is 0 Å². The average Bonchev–Trinajstić information content (AvgIpc) is 2.38. The lowest BCUT2D eigenvalue weighted by molar-refractivity contribution is 0.545. The average molecular weight is 239 g/mol. The van der Waals surface area contributed by atoms with Crippen LogP contribution >= 0.6 is 0 Å². The quantitative estimate of drug-likeness (QED) is 0.859. The van der Waals surface area contributed by atoms with Gasteiger partial charge in [0.15, 0.2) is 0 Å². The first-order valence-electron chi connectivity index (χ1n) is 6.43. The van der Waals surface area contributed by atoms with Gasteiger partial charge in [0.05, 0.1) is 0 Å². The Morgan fingerprint density at radius 3 is 2.06 bits per heavy atom. The third kappa shape index (κ3) is 2.62. The first kappa shape index (κ1) is 12.8. The highest BCUT2D eigenvalue weighted by atomic mass is 14.7. The third-order valence-electron chi connectivity index (χ3n) is 3.42. The van der Waals surface area contributed by atoms with Crippen LogP contribution in [0.5, 0.6) is 0 Å². The Balaban J connectivity index is 2.46. The van der Waals surface area contributed by atoms with E-state index in [9.17, 15) is 0 Å². The summed E-state index contributed by atoms with van der Waals surface area (Å²) in [5.74, 6) is 0.366. The van der Waals surface area contributed by atoms with E-state index in [-0.39, 0.29) is 5.54 Å². The Morgan fingerprint density at radius 1 is 0.889 bits per heavy atom. The number of hydrogen-bond acceptors (Lipinski definition) is 1. The van der Waals surface area contributed by atoms with Gasteiger partial charge in [0.2, 0.25) is 0 Å². The molecular weight excluding hydrogens is 218 g/mol. The van der Waals surface area contributed by atoms with Crippen LogP contribution in [-0.2, 0) is 5.54 Å². The van der Waals surface area contributed by atoms with E-state index < -0.39 is 0 Å². The molecule has 0 saturated heterocycles. The summed E-state index contributed by atoms with van der Waals surface area (Å²) in [4.78, 5) is 0. The van der Waals surface area contributed by atoms with Gasteiger partial charge in [-0.1, -0.05) is 61.5 Å². The molecule has 0 aliphatic rings. The number of rotatable bonds is 3. The number of hydrogen-bond donors (Lipinski definition) is 1. The summed E-state index contributed by atoms with van der Waals surface area (Å²) in [5.41, 5.74) is 9.83. The molecule has 1 nitrogen and oxygen atoms in total. The van der Waals surface area contributed by atoms with Crippen LogP contribution in [0.15, 0.2) is 54.6 Å². The molecule has 0 spiro atoms. The largest absolute Gasteiger partial charge is 0.322 e. The van der Waals surface area contributed by atoms with Crippen molar-refractivity contribution in [3.05, 3.63) is 71.3 Å². The Morgan fingerprint density at radius 2 is 1.44 bits per heavy atom. The lowest BCUT2D eigenvalue weighted by atomic mass is 9.83. The third-order valence-corrected chi connectivity index (χ3v) is 3.42. The van der Waals surface area contributed by atoms with Gasteiger partial charge in [-0.2, -0.15) is 0 Å². The van der Waals surface area contributed by atoms with Gasteiger partial charge >= 0.3 is 0 Å². The van der Waals surface area contributed by atoms with E-state index in [1.807, 2.05) is 0 Å². The minimum Gasteiger partial charge on any atom is -0.322 e. The second-order valence-corrected chi connectivity index (χ2v) is 5.44. The molecule has 2 N–H and O–H groups in total. The maximum Gasteiger partial charge on any atom is 0.0355 e. The van der Waals surface area contributed by atoms with Crippen molar-refractivity contribution in [3.63, 3.8) is 0 Å². The molecular formula is C17H21N. The minimum absolute atomic E-state index is 0.306. The summed E-state index contributed by atoms with van der Waals surface area (Å²) < 4.78 is 0. The van der Waals surface area contributed by atoms with Crippen molar-refractivity contribution in [2.24, 2.45) is 5.73 Å². The molecule has 0 aliphatic carbocycles. The molecule has 2 aromatic carbocycles. The second kappa shape index (κ2) is 4.95. The fourth-order valence-corrected chi connectivity index (χ4v) is 2.38. The molecule has 0 fully saturated rings. The van der Waals surface area contributed by atoms with Gasteiger partial charge in [-0.05, 0) is 30.5 Å². The standard InChI is InChI=1S/C17H21N/c1-13(14-9-5-4-6-10-14)15-11-7-8-12-16(15)17(2,3)18/h4-13H,18H2,1-3H3. The summed E-state index contributed by atoms with van der Waals surface area (Å²) in [6.07, 6.45) is 0. The predicted octanol–water partition coefficient (Wildman–Crippen LogP) is 4.03. The number of benzene rings is 2. The molecule has 1 atom stereocenters. The van der Waals surface area contributed by atoms with Crippen molar-refractivity contribution in [1.82, 2.24) is 0 Å². The lowest BCUT2D eigenvalue weighted by Gasteiger charge is -2.26. The summed E-state index contributed by atoms with van der Waals surface area (Å²) in [6.45, 7) is 6.35. The van der Waals surface area contributed by atoms with E-state index in [1.165, 1.54) is 16.7 Å². The Kier molecular flexibility index (Phi) is 3.53. The van der Waals surface area contributed by atoms with Crippen LogP contribution in [0.3, 0.4) is 0 Å². The molecule has 18 heavy (non-hydrogen) atoms. The van der Waals surface area contributed by atoms with E-state index in [2.05, 4.69) is 75.4 Å². The van der Waals surface area contributed by atoms with Crippen molar-refractivity contribution in [3.8, 4) is 0 Å². The van der Waals surface area contributed by atoms with Crippen LogP contribution in [0.1, 0.15) is 43.4 Å². The van der Waals surface area contributed by atoms with Crippen molar-refractivity contribution in [2.75, 3.05) is 0 Å². The highest BCUT2D eigenvalue weighted by Gasteiger charge is 2.21. The normalized spacial score (nSPS) is 13.3. The molecule has 0 bridgehead atoms. The maximum absolute atomic E-state index is 6.27. The first-order valence-corrected chi connectivity index (χ1v) is 6.43. The molecule has 2 rings (SSSR count). The van der Waals surface area contributed by atoms with Gasteiger partial charge in [0, 0.05) is 11.5 Å². The molecule has 1 unspecified atom stereocenters. The molecule has 1 heteroatoms. The molecule has 0 heterocycles. The van der Waals surface area contributed by atoms with E-state index in [1.54, 1.807) is 0 Å². The molecule has 0 aliphatic heterocycles. The summed E-state index contributed by atoms with van der Waals surface area (Å²) >= 11 is 0. The molecule has 0 amide bonds. The van der Waals surface area contributed by atoms with E-state index >= 15 is 0 Å². The Hall–Kier alpha value is -1.60. The van der Waals surface area contributed by atoms with Crippen molar-refractivity contribution >= 4 is 0 Å². The van der Waals surface area contributed by atoms with E-state index in [4.69, 9.17) is 5.73 Å². The van der Waals surface area contributed by atoms with Crippen LogP contribution in [0.2, 0.25) is 0 Å². The van der Waals surface area contributed by atoms with E-state index in [0.717, 1.165) is 0 Å². The van der Waals surface area contributed by atoms with Crippen LogP contribution in [0, 0.1) is 0 Å². The smallest absolute Gasteiger partial charge is 0.0355 e. The monoisotopic (exact) mass is 239 g/mol. The highest BCUT2D eigenvalue weighted by Crippen LogP contribution is 2.31. The predicted molar refractivity (Wildman–Crippen MR) is 77.6 cm³/mol. The van der Waals surface area contributed by atoms with Crippen LogP contribution in [-0.4, -0.2) is 0 Å². The topological polar surface area (TPSA) is 26.0 Å². The number of nitrogens with two attached hydrogens (primary N) is 1. The molecule has 0 saturated carbocycles. The zero-order valence-corrected chi connectivity index (χ0v) is 11.4. The fraction of sp³-hybridized carbons (Fsp3) is 0.294. The zero-order valence-electron chi connectivity index (χ0n) is 11.4. The van der Waals surface area contributed by atoms with Crippen molar-refractivity contribution in [1.29, 1.82) is 0 Å². The van der Waals surface area contributed by atoms with E-state index in [0.29, 0.717) is 5.92 Å². The summed E-state index contributed by atoms with van der Waals surface area (Å²) in [5, 5.41) is 0. The summed E-state index contributed by atoms with van der Waals surface area (Å²) in [7, 11) is 0. The van der Waals surface area contributed by atoms with Crippen molar-refractivity contribution < 1.29 is 0 Å². The highest BCUT2D eigenvalue weighted by molar-refractivity contribution is 5.40. The van der Waals surface area contributed by atoms with Crippen LogP contribution in [0.4, 0.5) is 0 Å². The van der Waals surface area contributed by atoms with Crippen LogP contribution in [0.25, 0.3) is 0 Å².